The van der Waals surface area contributed by atoms with Gasteiger partial charge in [-0.2, -0.15) is 5.26 Å². The van der Waals surface area contributed by atoms with Gasteiger partial charge in [0.1, 0.15) is 12.7 Å². The molecule has 1 aromatic rings. The van der Waals surface area contributed by atoms with Crippen LogP contribution in [0.1, 0.15) is 11.1 Å². The highest BCUT2D eigenvalue weighted by atomic mass is 19.1. The fourth-order valence-corrected chi connectivity index (χ4v) is 0.838. The maximum atomic E-state index is 12.3. The van der Waals surface area contributed by atoms with E-state index in [4.69, 9.17) is 10.00 Å². The van der Waals surface area contributed by atoms with Crippen molar-refractivity contribution in [3.05, 3.63) is 23.4 Å². The standard InChI is InChI=1S/C8H7FN2O/c1-12-8-7(3-9)2-6(4-10)5-11-8/h2,5H,3H2,1H3. The second kappa shape index (κ2) is 3.67. The number of nitrogens with zero attached hydrogens (tertiary/aromatic N) is 2. The molecule has 0 aliphatic carbocycles. The number of hydrogen-bond donors (Lipinski definition) is 0. The summed E-state index contributed by atoms with van der Waals surface area (Å²) in [5.41, 5.74) is 0.639. The largest absolute Gasteiger partial charge is 0.481 e. The third-order valence-corrected chi connectivity index (χ3v) is 1.39. The zero-order valence-electron chi connectivity index (χ0n) is 6.54. The highest BCUT2D eigenvalue weighted by Crippen LogP contribution is 2.16. The molecule has 0 unspecified atom stereocenters. The summed E-state index contributed by atoms with van der Waals surface area (Å²) in [5.74, 6) is 0.233. The number of halogens is 1. The predicted molar refractivity (Wildman–Crippen MR) is 40.3 cm³/mol. The predicted octanol–water partition coefficient (Wildman–Crippen LogP) is 1.43. The number of ether oxygens (including phenoxy) is 1. The van der Waals surface area contributed by atoms with E-state index in [1.807, 2.05) is 6.07 Å². The molecule has 4 heteroatoms. The van der Waals surface area contributed by atoms with E-state index in [0.29, 0.717) is 11.1 Å². The summed E-state index contributed by atoms with van der Waals surface area (Å²) in [5, 5.41) is 8.47. The number of rotatable bonds is 2. The van der Waals surface area contributed by atoms with Crippen molar-refractivity contribution < 1.29 is 9.13 Å². The molecule has 0 fully saturated rings. The number of methoxy groups -OCH3 is 1. The first-order valence-corrected chi connectivity index (χ1v) is 3.30. The molecule has 0 aliphatic heterocycles. The molecule has 3 nitrogen and oxygen atoms in total. The van der Waals surface area contributed by atoms with Gasteiger partial charge in [-0.3, -0.25) is 0 Å². The maximum Gasteiger partial charge on any atom is 0.218 e. The highest BCUT2D eigenvalue weighted by Gasteiger charge is 2.04. The van der Waals surface area contributed by atoms with Gasteiger partial charge in [-0.05, 0) is 6.07 Å². The molecular formula is C8H7FN2O. The number of hydrogen-bond acceptors (Lipinski definition) is 3. The van der Waals surface area contributed by atoms with Crippen LogP contribution in [-0.4, -0.2) is 12.1 Å². The molecule has 0 radical (unpaired) electrons. The molecule has 0 N–H and O–H groups in total. The van der Waals surface area contributed by atoms with Gasteiger partial charge in [-0.15, -0.1) is 0 Å². The summed E-state index contributed by atoms with van der Waals surface area (Å²) in [6.07, 6.45) is 1.35. The number of alkyl halides is 1. The lowest BCUT2D eigenvalue weighted by Crippen LogP contribution is -1.94. The van der Waals surface area contributed by atoms with E-state index in [1.165, 1.54) is 19.4 Å². The lowest BCUT2D eigenvalue weighted by Gasteiger charge is -2.02. The molecule has 0 saturated heterocycles. The van der Waals surface area contributed by atoms with Crippen molar-refractivity contribution in [2.75, 3.05) is 7.11 Å². The highest BCUT2D eigenvalue weighted by molar-refractivity contribution is 5.35. The maximum absolute atomic E-state index is 12.3. The van der Waals surface area contributed by atoms with Crippen molar-refractivity contribution in [1.29, 1.82) is 5.26 Å². The third kappa shape index (κ3) is 1.51. The first-order valence-electron chi connectivity index (χ1n) is 3.30. The SMILES string of the molecule is COc1ncc(C#N)cc1CF. The topological polar surface area (TPSA) is 45.9 Å². The lowest BCUT2D eigenvalue weighted by molar-refractivity contribution is 0.378. The molecule has 1 heterocycles. The van der Waals surface area contributed by atoms with E-state index in [-0.39, 0.29) is 5.88 Å². The smallest absolute Gasteiger partial charge is 0.218 e. The van der Waals surface area contributed by atoms with Crippen LogP contribution >= 0.6 is 0 Å². The fourth-order valence-electron chi connectivity index (χ4n) is 0.838. The molecule has 0 saturated carbocycles. The summed E-state index contributed by atoms with van der Waals surface area (Å²) in [6, 6.07) is 3.29. The van der Waals surface area contributed by atoms with E-state index in [9.17, 15) is 4.39 Å². The van der Waals surface area contributed by atoms with Gasteiger partial charge in [0.25, 0.3) is 0 Å². The van der Waals surface area contributed by atoms with Crippen molar-refractivity contribution in [1.82, 2.24) is 4.98 Å². The zero-order chi connectivity index (χ0) is 8.97. The second-order valence-corrected chi connectivity index (χ2v) is 2.14. The van der Waals surface area contributed by atoms with Crippen LogP contribution < -0.4 is 4.74 Å². The van der Waals surface area contributed by atoms with Gasteiger partial charge < -0.3 is 4.74 Å². The Labute approximate surface area is 69.4 Å². The minimum absolute atomic E-state index is 0.233. The Morgan fingerprint density at radius 1 is 1.75 bits per heavy atom. The molecule has 0 spiro atoms. The van der Waals surface area contributed by atoms with E-state index in [1.54, 1.807) is 0 Å². The average molecular weight is 166 g/mol. The van der Waals surface area contributed by atoms with Crippen molar-refractivity contribution in [3.63, 3.8) is 0 Å². The molecule has 1 rings (SSSR count). The molecule has 0 atom stereocenters. The van der Waals surface area contributed by atoms with Crippen LogP contribution in [0, 0.1) is 11.3 Å². The van der Waals surface area contributed by atoms with Crippen molar-refractivity contribution >= 4 is 0 Å². The normalized spacial score (nSPS) is 9.08. The Bertz CT molecular complexity index is 319. The van der Waals surface area contributed by atoms with Gasteiger partial charge in [0, 0.05) is 11.8 Å². The van der Waals surface area contributed by atoms with Crippen LogP contribution in [0.15, 0.2) is 12.3 Å². The van der Waals surface area contributed by atoms with E-state index in [2.05, 4.69) is 4.98 Å². The average Bonchev–Trinajstić information content (AvgIpc) is 2.16. The number of nitriles is 1. The molecule has 12 heavy (non-hydrogen) atoms. The van der Waals surface area contributed by atoms with Gasteiger partial charge in [-0.1, -0.05) is 0 Å². The van der Waals surface area contributed by atoms with Crippen molar-refractivity contribution in [3.8, 4) is 11.9 Å². The van der Waals surface area contributed by atoms with Gasteiger partial charge in [0.05, 0.1) is 12.7 Å². The van der Waals surface area contributed by atoms with Gasteiger partial charge in [-0.25, -0.2) is 9.37 Å². The van der Waals surface area contributed by atoms with Crippen LogP contribution in [0.5, 0.6) is 5.88 Å². The van der Waals surface area contributed by atoms with E-state index >= 15 is 0 Å². The summed E-state index contributed by atoms with van der Waals surface area (Å²) in [6.45, 7) is -0.675. The third-order valence-electron chi connectivity index (χ3n) is 1.39. The molecule has 0 amide bonds. The molecule has 1 aromatic heterocycles. The van der Waals surface area contributed by atoms with Gasteiger partial charge >= 0.3 is 0 Å². The Morgan fingerprint density at radius 3 is 3.00 bits per heavy atom. The van der Waals surface area contributed by atoms with Crippen molar-refractivity contribution in [2.45, 2.75) is 6.67 Å². The zero-order valence-corrected chi connectivity index (χ0v) is 6.54. The van der Waals surface area contributed by atoms with E-state index < -0.39 is 6.67 Å². The second-order valence-electron chi connectivity index (χ2n) is 2.14. The van der Waals surface area contributed by atoms with Crippen LogP contribution in [0.25, 0.3) is 0 Å². The van der Waals surface area contributed by atoms with Gasteiger partial charge in [0.2, 0.25) is 5.88 Å². The summed E-state index contributed by atoms with van der Waals surface area (Å²) >= 11 is 0. The first-order chi connectivity index (χ1) is 5.81. The summed E-state index contributed by atoms with van der Waals surface area (Å²) in [7, 11) is 1.41. The van der Waals surface area contributed by atoms with Crippen LogP contribution in [-0.2, 0) is 6.67 Å². The lowest BCUT2D eigenvalue weighted by atomic mass is 10.2. The van der Waals surface area contributed by atoms with Crippen LogP contribution in [0.4, 0.5) is 4.39 Å². The monoisotopic (exact) mass is 166 g/mol. The Kier molecular flexibility index (Phi) is 2.59. The summed E-state index contributed by atoms with van der Waals surface area (Å²) in [4.78, 5) is 3.75. The molecule has 62 valence electrons. The van der Waals surface area contributed by atoms with E-state index in [0.717, 1.165) is 0 Å². The minimum atomic E-state index is -0.675. The fraction of sp³-hybridized carbons (Fsp3) is 0.250. The Hall–Kier alpha value is -1.63. The van der Waals surface area contributed by atoms with Crippen LogP contribution in [0.3, 0.4) is 0 Å². The van der Waals surface area contributed by atoms with Crippen molar-refractivity contribution in [2.24, 2.45) is 0 Å². The van der Waals surface area contributed by atoms with Crippen LogP contribution in [0.2, 0.25) is 0 Å². The molecule has 0 bridgehead atoms. The Morgan fingerprint density at radius 2 is 2.50 bits per heavy atom. The Balaban J connectivity index is 3.13. The number of pyridine rings is 1. The number of aromatic nitrogens is 1. The molecular weight excluding hydrogens is 159 g/mol. The quantitative estimate of drug-likeness (QED) is 0.667. The molecule has 0 aliphatic rings. The minimum Gasteiger partial charge on any atom is -0.481 e. The molecule has 0 aromatic carbocycles. The first kappa shape index (κ1) is 8.47. The summed E-state index contributed by atoms with van der Waals surface area (Å²) < 4.78 is 17.0. The van der Waals surface area contributed by atoms with Gasteiger partial charge in [0.15, 0.2) is 0 Å².